The van der Waals surface area contributed by atoms with Crippen molar-refractivity contribution in [2.45, 2.75) is 26.1 Å². The zero-order valence-electron chi connectivity index (χ0n) is 11.0. The van der Waals surface area contributed by atoms with Gasteiger partial charge in [0, 0.05) is 5.75 Å². The van der Waals surface area contributed by atoms with E-state index >= 15 is 0 Å². The van der Waals surface area contributed by atoms with Crippen molar-refractivity contribution in [1.29, 1.82) is 0 Å². The van der Waals surface area contributed by atoms with Crippen molar-refractivity contribution in [3.63, 3.8) is 0 Å². The topological polar surface area (TPSA) is 24.4 Å². The second-order valence-electron chi connectivity index (χ2n) is 4.84. The minimum atomic E-state index is -4.45. The van der Waals surface area contributed by atoms with E-state index in [1.54, 1.807) is 0 Å². The van der Waals surface area contributed by atoms with E-state index < -0.39 is 11.7 Å². The van der Waals surface area contributed by atoms with Gasteiger partial charge in [-0.1, -0.05) is 43.3 Å². The van der Waals surface area contributed by atoms with E-state index in [0.29, 0.717) is 11.1 Å². The van der Waals surface area contributed by atoms with E-state index in [2.05, 4.69) is 10.3 Å². The van der Waals surface area contributed by atoms with E-state index in [0.717, 1.165) is 11.8 Å². The zero-order chi connectivity index (χ0) is 14.9. The fourth-order valence-electron chi connectivity index (χ4n) is 1.79. The fourth-order valence-corrected chi connectivity index (χ4v) is 3.19. The van der Waals surface area contributed by atoms with Crippen LogP contribution in [0.1, 0.15) is 19.4 Å². The molecule has 20 heavy (non-hydrogen) atoms. The number of alkyl halides is 3. The fraction of sp³-hybridized carbons (Fsp3) is 0.462. The standard InChI is InChI=1S/C13H14ClF3N2S/c1-7(2)10-6-20-12(18-10)19-11-8(13(15,16)17)4-3-5-9(11)14/h3-5,7,10H,6H2,1-2H3,(H,18,19)/t10-/m1/s1. The van der Waals surface area contributed by atoms with E-state index in [1.807, 2.05) is 13.8 Å². The summed E-state index contributed by atoms with van der Waals surface area (Å²) in [5.41, 5.74) is -0.904. The highest BCUT2D eigenvalue weighted by Gasteiger charge is 2.35. The quantitative estimate of drug-likeness (QED) is 0.837. The number of anilines is 1. The van der Waals surface area contributed by atoms with Crippen molar-refractivity contribution in [3.8, 4) is 0 Å². The monoisotopic (exact) mass is 322 g/mol. The maximum atomic E-state index is 13.0. The number of nitrogens with zero attached hydrogens (tertiary/aromatic N) is 1. The molecule has 0 radical (unpaired) electrons. The first-order valence-corrected chi connectivity index (χ1v) is 7.48. The van der Waals surface area contributed by atoms with Crippen LogP contribution in [0, 0.1) is 5.92 Å². The number of hydrogen-bond acceptors (Lipinski definition) is 3. The molecule has 1 N–H and O–H groups in total. The van der Waals surface area contributed by atoms with Crippen LogP contribution in [-0.4, -0.2) is 17.0 Å². The number of thioether (sulfide) groups is 1. The minimum Gasteiger partial charge on any atom is -0.333 e. The Morgan fingerprint density at radius 3 is 2.65 bits per heavy atom. The molecule has 1 aromatic carbocycles. The maximum Gasteiger partial charge on any atom is 0.418 e. The lowest BCUT2D eigenvalue weighted by Gasteiger charge is -2.15. The lowest BCUT2D eigenvalue weighted by molar-refractivity contribution is -0.136. The SMILES string of the molecule is CC(C)[C@H]1CSC(Nc2c(Cl)cccc2C(F)(F)F)=N1. The second-order valence-corrected chi connectivity index (χ2v) is 6.26. The van der Waals surface area contributed by atoms with Crippen LogP contribution in [0.4, 0.5) is 18.9 Å². The van der Waals surface area contributed by atoms with E-state index in [-0.39, 0.29) is 16.8 Å². The van der Waals surface area contributed by atoms with Gasteiger partial charge >= 0.3 is 6.18 Å². The summed E-state index contributed by atoms with van der Waals surface area (Å²) in [6.45, 7) is 4.07. The molecule has 1 aromatic rings. The molecule has 110 valence electrons. The number of halogens is 4. The first kappa shape index (κ1) is 15.5. The Labute approximate surface area is 124 Å². The van der Waals surface area contributed by atoms with Crippen LogP contribution in [0.3, 0.4) is 0 Å². The van der Waals surface area contributed by atoms with Crippen molar-refractivity contribution in [2.24, 2.45) is 10.9 Å². The van der Waals surface area contributed by atoms with Crippen LogP contribution < -0.4 is 5.32 Å². The van der Waals surface area contributed by atoms with E-state index in [1.165, 1.54) is 23.9 Å². The van der Waals surface area contributed by atoms with Gasteiger partial charge < -0.3 is 5.32 Å². The molecule has 2 nitrogen and oxygen atoms in total. The van der Waals surface area contributed by atoms with Crippen molar-refractivity contribution in [1.82, 2.24) is 0 Å². The summed E-state index contributed by atoms with van der Waals surface area (Å²) in [7, 11) is 0. The van der Waals surface area contributed by atoms with Crippen molar-refractivity contribution in [2.75, 3.05) is 11.1 Å². The Bertz CT molecular complexity index is 529. The Balaban J connectivity index is 2.29. The van der Waals surface area contributed by atoms with Crippen LogP contribution in [0.15, 0.2) is 23.2 Å². The second kappa shape index (κ2) is 5.85. The average Bonchev–Trinajstić information content (AvgIpc) is 2.79. The van der Waals surface area contributed by atoms with Crippen molar-refractivity contribution < 1.29 is 13.2 Å². The van der Waals surface area contributed by atoms with Gasteiger partial charge in [0.2, 0.25) is 0 Å². The van der Waals surface area contributed by atoms with Crippen LogP contribution in [0.25, 0.3) is 0 Å². The lowest BCUT2D eigenvalue weighted by Crippen LogP contribution is -2.14. The number of benzene rings is 1. The Morgan fingerprint density at radius 1 is 1.40 bits per heavy atom. The molecule has 0 amide bonds. The third kappa shape index (κ3) is 3.41. The van der Waals surface area contributed by atoms with Gasteiger partial charge in [-0.15, -0.1) is 0 Å². The van der Waals surface area contributed by atoms with Crippen molar-refractivity contribution >= 4 is 34.2 Å². The molecule has 1 aliphatic rings. The molecule has 1 aliphatic heterocycles. The minimum absolute atomic E-state index is 0.0381. The van der Waals surface area contributed by atoms with E-state index in [4.69, 9.17) is 11.6 Å². The molecule has 0 saturated carbocycles. The highest BCUT2D eigenvalue weighted by atomic mass is 35.5. The summed E-state index contributed by atoms with van der Waals surface area (Å²) in [6.07, 6.45) is -4.45. The molecule has 0 saturated heterocycles. The van der Waals surface area contributed by atoms with Crippen LogP contribution in [0.2, 0.25) is 5.02 Å². The summed E-state index contributed by atoms with van der Waals surface area (Å²) in [5, 5.41) is 3.26. The van der Waals surface area contributed by atoms with Crippen LogP contribution in [0.5, 0.6) is 0 Å². The smallest absolute Gasteiger partial charge is 0.333 e. The average molecular weight is 323 g/mol. The summed E-state index contributed by atoms with van der Waals surface area (Å²) < 4.78 is 38.9. The van der Waals surface area contributed by atoms with Crippen LogP contribution >= 0.6 is 23.4 Å². The number of aliphatic imine (C=N–C) groups is 1. The number of rotatable bonds is 2. The normalized spacial score (nSPS) is 19.4. The maximum absolute atomic E-state index is 13.0. The molecule has 1 atom stereocenters. The van der Waals surface area contributed by atoms with Gasteiger partial charge in [0.15, 0.2) is 5.17 Å². The molecule has 0 unspecified atom stereocenters. The van der Waals surface area contributed by atoms with Crippen LogP contribution in [-0.2, 0) is 6.18 Å². The van der Waals surface area contributed by atoms with Gasteiger partial charge in [-0.3, -0.25) is 4.99 Å². The summed E-state index contributed by atoms with van der Waals surface area (Å²) in [4.78, 5) is 4.39. The highest BCUT2D eigenvalue weighted by molar-refractivity contribution is 8.14. The molecule has 0 aliphatic carbocycles. The molecular weight excluding hydrogens is 309 g/mol. The number of para-hydroxylation sites is 1. The third-order valence-corrected chi connectivity index (χ3v) is 4.30. The molecule has 0 spiro atoms. The molecule has 2 rings (SSSR count). The Hall–Kier alpha value is -0.880. The predicted octanol–water partition coefficient (Wildman–Crippen LogP) is 4.90. The molecule has 0 aromatic heterocycles. The summed E-state index contributed by atoms with van der Waals surface area (Å²) in [6, 6.07) is 3.85. The summed E-state index contributed by atoms with van der Waals surface area (Å²) in [5.74, 6) is 1.13. The summed E-state index contributed by atoms with van der Waals surface area (Å²) >= 11 is 7.30. The first-order chi connectivity index (χ1) is 9.29. The van der Waals surface area contributed by atoms with Gasteiger partial charge in [0.25, 0.3) is 0 Å². The van der Waals surface area contributed by atoms with Gasteiger partial charge in [0.1, 0.15) is 0 Å². The largest absolute Gasteiger partial charge is 0.418 e. The zero-order valence-corrected chi connectivity index (χ0v) is 12.5. The number of hydrogen-bond donors (Lipinski definition) is 1. The number of nitrogens with one attached hydrogen (secondary N) is 1. The Morgan fingerprint density at radius 2 is 2.10 bits per heavy atom. The molecule has 7 heteroatoms. The molecular formula is C13H14ClF3N2S. The predicted molar refractivity (Wildman–Crippen MR) is 78.6 cm³/mol. The molecule has 0 fully saturated rings. The van der Waals surface area contributed by atoms with Gasteiger partial charge in [0.05, 0.1) is 22.3 Å². The molecule has 0 bridgehead atoms. The first-order valence-electron chi connectivity index (χ1n) is 6.12. The Kier molecular flexibility index (Phi) is 4.54. The van der Waals surface area contributed by atoms with Gasteiger partial charge in [-0.25, -0.2) is 0 Å². The number of amidine groups is 1. The third-order valence-electron chi connectivity index (χ3n) is 2.99. The molecule has 1 heterocycles. The van der Waals surface area contributed by atoms with E-state index in [9.17, 15) is 13.2 Å². The van der Waals surface area contributed by atoms with Gasteiger partial charge in [-0.2, -0.15) is 13.2 Å². The lowest BCUT2D eigenvalue weighted by atomic mass is 10.1. The highest BCUT2D eigenvalue weighted by Crippen LogP contribution is 2.39. The van der Waals surface area contributed by atoms with Crippen molar-refractivity contribution in [3.05, 3.63) is 28.8 Å². The van der Waals surface area contributed by atoms with Gasteiger partial charge in [-0.05, 0) is 18.1 Å².